The summed E-state index contributed by atoms with van der Waals surface area (Å²) in [6, 6.07) is 3.27. The Morgan fingerprint density at radius 1 is 1.33 bits per heavy atom. The Kier molecular flexibility index (Phi) is 3.18. The molecule has 0 fully saturated rings. The average Bonchev–Trinajstić information content (AvgIpc) is 2.34. The lowest BCUT2D eigenvalue weighted by Crippen LogP contribution is -2.01. The number of aromatic carboxylic acids is 1. The van der Waals surface area contributed by atoms with Crippen LogP contribution in [0.25, 0.3) is 0 Å². The molecule has 0 unspecified atom stereocenters. The quantitative estimate of drug-likeness (QED) is 0.902. The molecule has 5 nitrogen and oxygen atoms in total. The van der Waals surface area contributed by atoms with Gasteiger partial charge in [0.05, 0.1) is 12.4 Å². The minimum atomic E-state index is -1.27. The zero-order chi connectivity index (χ0) is 13.1. The van der Waals surface area contributed by atoms with Crippen LogP contribution in [0.3, 0.4) is 0 Å². The largest absolute Gasteiger partial charge is 0.478 e. The smallest absolute Gasteiger partial charge is 0.339 e. The van der Waals surface area contributed by atoms with Crippen LogP contribution in [0, 0.1) is 12.7 Å². The van der Waals surface area contributed by atoms with Gasteiger partial charge in [0.1, 0.15) is 23.0 Å². The fraction of sp³-hybridized carbons (Fsp3) is 0.0833. The summed E-state index contributed by atoms with van der Waals surface area (Å²) in [5.41, 5.74) is -0.254. The number of hydrogen-bond acceptors (Lipinski definition) is 4. The average molecular weight is 248 g/mol. The Morgan fingerprint density at radius 3 is 2.61 bits per heavy atom. The number of carboxylic acid groups (broad SMARTS) is 1. The van der Waals surface area contributed by atoms with Crippen molar-refractivity contribution >= 4 is 5.97 Å². The van der Waals surface area contributed by atoms with Crippen molar-refractivity contribution in [1.82, 2.24) is 9.97 Å². The van der Waals surface area contributed by atoms with Crippen molar-refractivity contribution < 1.29 is 19.0 Å². The second-order valence-electron chi connectivity index (χ2n) is 3.51. The maximum atomic E-state index is 13.0. The van der Waals surface area contributed by atoms with E-state index in [0.717, 1.165) is 12.1 Å². The van der Waals surface area contributed by atoms with Gasteiger partial charge in [-0.15, -0.1) is 0 Å². The third kappa shape index (κ3) is 2.60. The maximum Gasteiger partial charge on any atom is 0.339 e. The first-order chi connectivity index (χ1) is 8.56. The molecule has 0 radical (unpaired) electrons. The number of hydrogen-bond donors (Lipinski definition) is 1. The summed E-state index contributed by atoms with van der Waals surface area (Å²) in [7, 11) is 0. The van der Waals surface area contributed by atoms with E-state index < -0.39 is 11.8 Å². The molecule has 0 amide bonds. The van der Waals surface area contributed by atoms with Crippen LogP contribution in [0.4, 0.5) is 4.39 Å². The predicted octanol–water partition coefficient (Wildman–Crippen LogP) is 2.41. The van der Waals surface area contributed by atoms with E-state index in [4.69, 9.17) is 9.84 Å². The van der Waals surface area contributed by atoms with Gasteiger partial charge in [-0.2, -0.15) is 0 Å². The first kappa shape index (κ1) is 12.0. The molecule has 2 rings (SSSR count). The van der Waals surface area contributed by atoms with Crippen LogP contribution in [0.5, 0.6) is 11.5 Å². The molecule has 0 aliphatic heterocycles. The molecule has 1 N–H and O–H groups in total. The highest BCUT2D eigenvalue weighted by Gasteiger charge is 2.13. The van der Waals surface area contributed by atoms with Crippen LogP contribution in [0.2, 0.25) is 0 Å². The Morgan fingerprint density at radius 2 is 2.00 bits per heavy atom. The van der Waals surface area contributed by atoms with E-state index in [1.54, 1.807) is 6.92 Å². The molecule has 0 spiro atoms. The van der Waals surface area contributed by atoms with Gasteiger partial charge in [-0.1, -0.05) is 0 Å². The maximum absolute atomic E-state index is 13.0. The summed E-state index contributed by atoms with van der Waals surface area (Å²) in [4.78, 5) is 18.8. The number of aryl methyl sites for hydroxylation is 1. The second-order valence-corrected chi connectivity index (χ2v) is 3.51. The molecular formula is C12H9FN2O3. The van der Waals surface area contributed by atoms with Gasteiger partial charge in [-0.3, -0.25) is 0 Å². The van der Waals surface area contributed by atoms with E-state index in [1.165, 1.54) is 18.5 Å². The van der Waals surface area contributed by atoms with Gasteiger partial charge in [-0.25, -0.2) is 19.2 Å². The Bertz CT molecular complexity index is 584. The lowest BCUT2D eigenvalue weighted by atomic mass is 10.2. The number of ether oxygens (including phenoxy) is 1. The van der Waals surface area contributed by atoms with Crippen LogP contribution in [-0.4, -0.2) is 21.0 Å². The van der Waals surface area contributed by atoms with Gasteiger partial charge in [0, 0.05) is 0 Å². The van der Waals surface area contributed by atoms with Crippen molar-refractivity contribution in [3.63, 3.8) is 0 Å². The topological polar surface area (TPSA) is 72.3 Å². The summed E-state index contributed by atoms with van der Waals surface area (Å²) >= 11 is 0. The number of carboxylic acids is 1. The van der Waals surface area contributed by atoms with Gasteiger partial charge in [0.2, 0.25) is 0 Å². The SMILES string of the molecule is Cc1ncc(Oc2ccc(F)cc2C(=O)O)cn1. The third-order valence-corrected chi connectivity index (χ3v) is 2.16. The van der Waals surface area contributed by atoms with E-state index in [1.807, 2.05) is 0 Å². The number of rotatable bonds is 3. The first-order valence-corrected chi connectivity index (χ1v) is 5.05. The van der Waals surface area contributed by atoms with Gasteiger partial charge < -0.3 is 9.84 Å². The van der Waals surface area contributed by atoms with Gasteiger partial charge in [0.15, 0.2) is 5.75 Å². The molecule has 18 heavy (non-hydrogen) atoms. The predicted molar refractivity (Wildman–Crippen MR) is 60.2 cm³/mol. The van der Waals surface area contributed by atoms with Gasteiger partial charge >= 0.3 is 5.97 Å². The van der Waals surface area contributed by atoms with Gasteiger partial charge in [0.25, 0.3) is 0 Å². The summed E-state index contributed by atoms with van der Waals surface area (Å²) in [5, 5.41) is 8.93. The second kappa shape index (κ2) is 4.79. The summed E-state index contributed by atoms with van der Waals surface area (Å²) < 4.78 is 18.3. The van der Waals surface area contributed by atoms with Crippen LogP contribution in [-0.2, 0) is 0 Å². The van der Waals surface area contributed by atoms with E-state index in [-0.39, 0.29) is 17.1 Å². The highest BCUT2D eigenvalue weighted by Crippen LogP contribution is 2.25. The van der Waals surface area contributed by atoms with Crippen molar-refractivity contribution in [2.45, 2.75) is 6.92 Å². The molecular weight excluding hydrogens is 239 g/mol. The van der Waals surface area contributed by atoms with Crippen molar-refractivity contribution in [1.29, 1.82) is 0 Å². The number of carbonyl (C=O) groups is 1. The van der Waals surface area contributed by atoms with Crippen LogP contribution >= 0.6 is 0 Å². The zero-order valence-electron chi connectivity index (χ0n) is 9.42. The normalized spacial score (nSPS) is 10.1. The molecule has 0 saturated heterocycles. The van der Waals surface area contributed by atoms with Crippen LogP contribution in [0.15, 0.2) is 30.6 Å². The monoisotopic (exact) mass is 248 g/mol. The minimum absolute atomic E-state index is 0.0383. The molecule has 0 saturated carbocycles. The molecule has 1 heterocycles. The van der Waals surface area contributed by atoms with Crippen molar-refractivity contribution in [3.05, 3.63) is 47.8 Å². The van der Waals surface area contributed by atoms with E-state index >= 15 is 0 Å². The van der Waals surface area contributed by atoms with E-state index in [2.05, 4.69) is 9.97 Å². The Labute approximate surface area is 102 Å². The minimum Gasteiger partial charge on any atom is -0.478 e. The number of benzene rings is 1. The van der Waals surface area contributed by atoms with Crippen molar-refractivity contribution in [2.24, 2.45) is 0 Å². The highest BCUT2D eigenvalue weighted by molar-refractivity contribution is 5.91. The van der Waals surface area contributed by atoms with E-state index in [9.17, 15) is 9.18 Å². The lowest BCUT2D eigenvalue weighted by molar-refractivity contribution is 0.0693. The number of aromatic nitrogens is 2. The summed E-state index contributed by atoms with van der Waals surface area (Å²) in [6.07, 6.45) is 2.83. The Balaban J connectivity index is 2.34. The molecule has 6 heteroatoms. The van der Waals surface area contributed by atoms with Crippen molar-refractivity contribution in [3.8, 4) is 11.5 Å². The molecule has 1 aromatic heterocycles. The molecule has 0 aliphatic carbocycles. The molecule has 0 atom stereocenters. The van der Waals surface area contributed by atoms with Crippen molar-refractivity contribution in [2.75, 3.05) is 0 Å². The highest BCUT2D eigenvalue weighted by atomic mass is 19.1. The standard InChI is InChI=1S/C12H9FN2O3/c1-7-14-5-9(6-15-7)18-11-3-2-8(13)4-10(11)12(16)17/h2-6H,1H3,(H,16,17). The Hall–Kier alpha value is -2.50. The fourth-order valence-corrected chi connectivity index (χ4v) is 1.32. The lowest BCUT2D eigenvalue weighted by Gasteiger charge is -2.08. The summed E-state index contributed by atoms with van der Waals surface area (Å²) in [6.45, 7) is 1.71. The molecule has 1 aromatic carbocycles. The van der Waals surface area contributed by atoms with Gasteiger partial charge in [-0.05, 0) is 25.1 Å². The first-order valence-electron chi connectivity index (χ1n) is 5.05. The molecule has 0 aliphatic rings. The molecule has 92 valence electrons. The van der Waals surface area contributed by atoms with Crippen LogP contribution < -0.4 is 4.74 Å². The number of halogens is 1. The molecule has 2 aromatic rings. The molecule has 0 bridgehead atoms. The number of nitrogens with zero attached hydrogens (tertiary/aromatic N) is 2. The summed E-state index contributed by atoms with van der Waals surface area (Å²) in [5.74, 6) is -1.01. The fourth-order valence-electron chi connectivity index (χ4n) is 1.32. The van der Waals surface area contributed by atoms with E-state index in [0.29, 0.717) is 5.82 Å². The zero-order valence-corrected chi connectivity index (χ0v) is 9.42. The third-order valence-electron chi connectivity index (χ3n) is 2.16. The van der Waals surface area contributed by atoms with Crippen LogP contribution in [0.1, 0.15) is 16.2 Å².